The summed E-state index contributed by atoms with van der Waals surface area (Å²) in [7, 11) is 0. The van der Waals surface area contributed by atoms with Crippen LogP contribution in [0.15, 0.2) is 30.3 Å². The van der Waals surface area contributed by atoms with E-state index in [0.717, 1.165) is 44.3 Å². The minimum atomic E-state index is -2.70. The van der Waals surface area contributed by atoms with E-state index in [9.17, 15) is 4.79 Å². The minimum absolute atomic E-state index is 0.168. The Balaban J connectivity index is 1.26. The Hall–Kier alpha value is -1.73. The smallest absolute Gasteiger partial charge is 0.410 e. The van der Waals surface area contributed by atoms with Gasteiger partial charge in [0, 0.05) is 26.2 Å². The number of amides is 1. The highest BCUT2D eigenvalue weighted by Gasteiger charge is 2.49. The van der Waals surface area contributed by atoms with Crippen LogP contribution in [0.5, 0.6) is 0 Å². The Kier molecular flexibility index (Phi) is 7.02. The molecule has 1 amide bonds. The van der Waals surface area contributed by atoms with E-state index in [2.05, 4.69) is 0 Å². The second kappa shape index (κ2) is 9.49. The van der Waals surface area contributed by atoms with Gasteiger partial charge in [0.05, 0.1) is 12.6 Å². The SMILES string of the molecule is CC(C)(C)OC(=O)N1CCC2(CC1)CCN([C@@H]1CCN(Cc3ccccc3)CC1(F)F)CC2. The fourth-order valence-corrected chi connectivity index (χ4v) is 5.73. The molecule has 1 spiro atoms. The van der Waals surface area contributed by atoms with Crippen LogP contribution in [-0.2, 0) is 11.3 Å². The molecule has 3 aliphatic rings. The third-order valence-electron chi connectivity index (χ3n) is 7.66. The summed E-state index contributed by atoms with van der Waals surface area (Å²) in [6.45, 7) is 9.62. The Morgan fingerprint density at radius 3 is 2.18 bits per heavy atom. The maximum atomic E-state index is 15.2. The molecule has 1 aromatic rings. The zero-order valence-corrected chi connectivity index (χ0v) is 20.4. The van der Waals surface area contributed by atoms with Crippen LogP contribution in [0.25, 0.3) is 0 Å². The first kappa shape index (κ1) is 24.4. The fraction of sp³-hybridized carbons (Fsp3) is 0.731. The van der Waals surface area contributed by atoms with Gasteiger partial charge in [-0.05, 0) is 76.9 Å². The molecule has 0 N–H and O–H groups in total. The van der Waals surface area contributed by atoms with Crippen LogP contribution in [0.1, 0.15) is 58.4 Å². The van der Waals surface area contributed by atoms with Gasteiger partial charge in [0.15, 0.2) is 0 Å². The highest BCUT2D eigenvalue weighted by atomic mass is 19.3. The molecule has 0 aromatic heterocycles. The number of ether oxygens (including phenoxy) is 1. The molecule has 184 valence electrons. The number of hydrogen-bond acceptors (Lipinski definition) is 4. The maximum Gasteiger partial charge on any atom is 0.410 e. The Morgan fingerprint density at radius 2 is 1.61 bits per heavy atom. The molecule has 3 heterocycles. The number of nitrogens with zero attached hydrogens (tertiary/aromatic N) is 3. The number of rotatable bonds is 3. The first-order chi connectivity index (χ1) is 15.6. The zero-order valence-electron chi connectivity index (χ0n) is 20.4. The van der Waals surface area contributed by atoms with E-state index in [1.165, 1.54) is 0 Å². The summed E-state index contributed by atoms with van der Waals surface area (Å²) in [6, 6.07) is 9.22. The highest BCUT2D eigenvalue weighted by Crippen LogP contribution is 2.43. The standard InChI is InChI=1S/C26H39F2N3O2/c1-24(2,3)33-23(32)31-17-12-25(13-18-31)10-15-30(16-11-25)22-9-14-29(20-26(22,27)28)19-21-7-5-4-6-8-21/h4-8,22H,9-20H2,1-3H3/t22-/m1/s1. The van der Waals surface area contributed by atoms with E-state index in [4.69, 9.17) is 4.74 Å². The first-order valence-corrected chi connectivity index (χ1v) is 12.4. The zero-order chi connectivity index (χ0) is 23.7. The Bertz CT molecular complexity index is 794. The molecule has 0 bridgehead atoms. The van der Waals surface area contributed by atoms with Crippen LogP contribution in [0.2, 0.25) is 0 Å². The number of hydrogen-bond donors (Lipinski definition) is 0. The van der Waals surface area contributed by atoms with Crippen LogP contribution in [0.4, 0.5) is 13.6 Å². The quantitative estimate of drug-likeness (QED) is 0.631. The summed E-state index contributed by atoms with van der Waals surface area (Å²) >= 11 is 0. The van der Waals surface area contributed by atoms with Crippen molar-refractivity contribution in [3.05, 3.63) is 35.9 Å². The number of halogens is 2. The highest BCUT2D eigenvalue weighted by molar-refractivity contribution is 5.68. The van der Waals surface area contributed by atoms with Gasteiger partial charge in [-0.15, -0.1) is 0 Å². The lowest BCUT2D eigenvalue weighted by Crippen LogP contribution is -2.60. The van der Waals surface area contributed by atoms with Gasteiger partial charge in [-0.3, -0.25) is 9.80 Å². The van der Waals surface area contributed by atoms with Crippen LogP contribution in [0, 0.1) is 5.41 Å². The lowest BCUT2D eigenvalue weighted by Gasteiger charge is -2.50. The number of carbonyl (C=O) groups excluding carboxylic acids is 1. The third-order valence-corrected chi connectivity index (χ3v) is 7.66. The van der Waals surface area contributed by atoms with Gasteiger partial charge in [0.25, 0.3) is 5.92 Å². The molecule has 1 aromatic carbocycles. The summed E-state index contributed by atoms with van der Waals surface area (Å²) in [5.74, 6) is -2.70. The summed E-state index contributed by atoms with van der Waals surface area (Å²) in [5, 5.41) is 0. The molecule has 5 nitrogen and oxygen atoms in total. The monoisotopic (exact) mass is 463 g/mol. The summed E-state index contributed by atoms with van der Waals surface area (Å²) in [6.07, 6.45) is 4.03. The van der Waals surface area contributed by atoms with Gasteiger partial charge in [0.1, 0.15) is 5.60 Å². The number of benzene rings is 1. The van der Waals surface area contributed by atoms with Crippen LogP contribution in [-0.4, -0.2) is 77.6 Å². The van der Waals surface area contributed by atoms with Gasteiger partial charge in [-0.25, -0.2) is 13.6 Å². The maximum absolute atomic E-state index is 15.2. The van der Waals surface area contributed by atoms with Crippen molar-refractivity contribution >= 4 is 6.09 Å². The molecule has 4 rings (SSSR count). The predicted octanol–water partition coefficient (Wildman–Crippen LogP) is 5.01. The van der Waals surface area contributed by atoms with Crippen molar-refractivity contribution in [3.8, 4) is 0 Å². The molecule has 0 unspecified atom stereocenters. The van der Waals surface area contributed by atoms with Crippen LogP contribution >= 0.6 is 0 Å². The molecule has 33 heavy (non-hydrogen) atoms. The average molecular weight is 464 g/mol. The van der Waals surface area contributed by atoms with E-state index in [1.807, 2.05) is 60.9 Å². The Labute approximate surface area is 197 Å². The number of carbonyl (C=O) groups is 1. The van der Waals surface area contributed by atoms with E-state index in [-0.39, 0.29) is 18.1 Å². The predicted molar refractivity (Wildman–Crippen MR) is 125 cm³/mol. The van der Waals surface area contributed by atoms with Gasteiger partial charge in [-0.2, -0.15) is 0 Å². The third kappa shape index (κ3) is 6.04. The summed E-state index contributed by atoms with van der Waals surface area (Å²) in [4.78, 5) is 18.1. The Morgan fingerprint density at radius 1 is 1.00 bits per heavy atom. The molecule has 0 radical (unpaired) electrons. The van der Waals surface area contributed by atoms with Crippen molar-refractivity contribution in [3.63, 3.8) is 0 Å². The normalized spacial score (nSPS) is 26.3. The number of alkyl halides is 2. The molecule has 1 atom stereocenters. The fourth-order valence-electron chi connectivity index (χ4n) is 5.73. The van der Waals surface area contributed by atoms with E-state index >= 15 is 8.78 Å². The summed E-state index contributed by atoms with van der Waals surface area (Å²) < 4.78 is 35.9. The van der Waals surface area contributed by atoms with Crippen molar-refractivity contribution in [1.82, 2.24) is 14.7 Å². The minimum Gasteiger partial charge on any atom is -0.444 e. The molecular formula is C26H39F2N3O2. The first-order valence-electron chi connectivity index (χ1n) is 12.4. The molecule has 0 saturated carbocycles. The van der Waals surface area contributed by atoms with Crippen LogP contribution < -0.4 is 0 Å². The van der Waals surface area contributed by atoms with Crippen molar-refractivity contribution in [2.45, 2.75) is 77.0 Å². The van der Waals surface area contributed by atoms with Crippen molar-refractivity contribution in [2.24, 2.45) is 5.41 Å². The van der Waals surface area contributed by atoms with Gasteiger partial charge < -0.3 is 9.64 Å². The molecule has 3 saturated heterocycles. The molecule has 3 aliphatic heterocycles. The van der Waals surface area contributed by atoms with E-state index in [1.54, 1.807) is 4.90 Å². The lowest BCUT2D eigenvalue weighted by atomic mass is 9.71. The molecule has 0 aliphatic carbocycles. The van der Waals surface area contributed by atoms with Gasteiger partial charge in [-0.1, -0.05) is 30.3 Å². The lowest BCUT2D eigenvalue weighted by molar-refractivity contribution is -0.139. The molecule has 7 heteroatoms. The van der Waals surface area contributed by atoms with Crippen molar-refractivity contribution < 1.29 is 18.3 Å². The van der Waals surface area contributed by atoms with Crippen LogP contribution in [0.3, 0.4) is 0 Å². The number of likely N-dealkylation sites (tertiary alicyclic amines) is 3. The van der Waals surface area contributed by atoms with E-state index < -0.39 is 17.6 Å². The largest absolute Gasteiger partial charge is 0.444 e. The molecular weight excluding hydrogens is 424 g/mol. The van der Waals surface area contributed by atoms with E-state index in [0.29, 0.717) is 32.6 Å². The second-order valence-electron chi connectivity index (χ2n) is 11.3. The summed E-state index contributed by atoms with van der Waals surface area (Å²) in [5.41, 5.74) is 0.780. The van der Waals surface area contributed by atoms with Crippen molar-refractivity contribution in [2.75, 3.05) is 39.3 Å². The number of piperidine rings is 3. The van der Waals surface area contributed by atoms with Crippen molar-refractivity contribution in [1.29, 1.82) is 0 Å². The van der Waals surface area contributed by atoms with Gasteiger partial charge >= 0.3 is 6.09 Å². The second-order valence-corrected chi connectivity index (χ2v) is 11.3. The topological polar surface area (TPSA) is 36.0 Å². The molecule has 3 fully saturated rings. The van der Waals surface area contributed by atoms with Gasteiger partial charge in [0.2, 0.25) is 0 Å². The average Bonchev–Trinajstić information content (AvgIpc) is 2.74.